The summed E-state index contributed by atoms with van der Waals surface area (Å²) in [6.45, 7) is 42.0. The van der Waals surface area contributed by atoms with Crippen molar-refractivity contribution in [2.45, 2.75) is 252 Å². The third-order valence-corrected chi connectivity index (χ3v) is 22.6. The van der Waals surface area contributed by atoms with Gasteiger partial charge in [-0.15, -0.1) is 0 Å². The van der Waals surface area contributed by atoms with E-state index < -0.39 is 0 Å². The van der Waals surface area contributed by atoms with Gasteiger partial charge in [-0.3, -0.25) is 0 Å². The third-order valence-electron chi connectivity index (χ3n) is 22.6. The minimum absolute atomic E-state index is 0.213. The molecule has 1 fully saturated rings. The first-order valence-electron chi connectivity index (χ1n) is 42.7. The maximum Gasteiger partial charge on any atom is 0.0203 e. The Hall–Kier alpha value is -8.32. The lowest BCUT2D eigenvalue weighted by Gasteiger charge is -2.45. The second-order valence-corrected chi connectivity index (χ2v) is 39.2. The number of hydrogen-bond donors (Lipinski definition) is 0. The zero-order chi connectivity index (χ0) is 80.2. The number of fused-ring (bicyclic) bond motifs is 1. The molecule has 0 aliphatic heterocycles. The van der Waals surface area contributed by atoms with Crippen LogP contribution in [-0.2, 0) is 50.4 Å². The molecule has 0 aromatic heterocycles. The summed E-state index contributed by atoms with van der Waals surface area (Å²) in [6.07, 6.45) is 23.9. The molecule has 0 heterocycles. The normalized spacial score (nSPS) is 13.2. The molecule has 1 saturated carbocycles. The Balaban J connectivity index is 0.000000186. The molecule has 0 N–H and O–H groups in total. The molecule has 0 atom stereocenters. The highest BCUT2D eigenvalue weighted by Crippen LogP contribution is 2.50. The van der Waals surface area contributed by atoms with Crippen LogP contribution in [0.25, 0.3) is 21.9 Å². The molecule has 0 saturated heterocycles. The Morgan fingerprint density at radius 3 is 1.01 bits per heavy atom. The molecule has 0 heteroatoms. The van der Waals surface area contributed by atoms with Crippen LogP contribution in [0.3, 0.4) is 0 Å². The highest BCUT2D eigenvalue weighted by Gasteiger charge is 2.41. The molecule has 11 aromatic rings. The molecular weight excluding hydrogens is 1330 g/mol. The predicted molar refractivity (Wildman–Crippen MR) is 490 cm³/mol. The van der Waals surface area contributed by atoms with E-state index in [-0.39, 0.29) is 5.41 Å². The molecule has 0 unspecified atom stereocenters. The van der Waals surface area contributed by atoms with E-state index in [0.717, 1.165) is 24.7 Å². The Morgan fingerprint density at radius 2 is 0.613 bits per heavy atom. The van der Waals surface area contributed by atoms with Crippen LogP contribution in [0.2, 0.25) is 0 Å². The summed E-state index contributed by atoms with van der Waals surface area (Å²) in [5.41, 5.74) is 18.5. The van der Waals surface area contributed by atoms with Crippen LogP contribution < -0.4 is 0 Å². The van der Waals surface area contributed by atoms with Crippen molar-refractivity contribution in [2.24, 2.45) is 50.2 Å². The lowest BCUT2D eigenvalue weighted by molar-refractivity contribution is 0.146. The maximum absolute atomic E-state index is 2.40. The molecule has 1 aliphatic carbocycles. The van der Waals surface area contributed by atoms with Crippen LogP contribution >= 0.6 is 0 Å². The average molecular weight is 1480 g/mol. The number of hydrogen-bond acceptors (Lipinski definition) is 0. The number of unbranched alkanes of at least 4 members (excludes halogenated alkanes) is 2. The average Bonchev–Trinajstić information content (AvgIpc) is 0.763. The molecular formula is C111H146. The van der Waals surface area contributed by atoms with E-state index in [1.165, 1.54) is 181 Å². The van der Waals surface area contributed by atoms with E-state index in [4.69, 9.17) is 0 Å². The van der Waals surface area contributed by atoms with Crippen LogP contribution in [0.1, 0.15) is 252 Å². The molecule has 111 heavy (non-hydrogen) atoms. The summed E-state index contributed by atoms with van der Waals surface area (Å²) >= 11 is 0. The van der Waals surface area contributed by atoms with Crippen molar-refractivity contribution in [3.8, 4) is 11.1 Å². The van der Waals surface area contributed by atoms with E-state index in [1.807, 2.05) is 0 Å². The quantitative estimate of drug-likeness (QED) is 0.0593. The number of aryl methyl sites for hydroxylation is 3. The van der Waals surface area contributed by atoms with Gasteiger partial charge in [0.1, 0.15) is 0 Å². The zero-order valence-electron chi connectivity index (χ0n) is 72.6. The maximum atomic E-state index is 2.40. The third kappa shape index (κ3) is 35.5. The lowest BCUT2D eigenvalue weighted by atomic mass is 9.59. The molecule has 0 spiro atoms. The first-order valence-corrected chi connectivity index (χ1v) is 42.7. The van der Waals surface area contributed by atoms with Crippen molar-refractivity contribution < 1.29 is 0 Å². The monoisotopic (exact) mass is 1480 g/mol. The van der Waals surface area contributed by atoms with Crippen LogP contribution in [0.15, 0.2) is 309 Å². The molecule has 0 amide bonds. The largest absolute Gasteiger partial charge is 0.0622 e. The van der Waals surface area contributed by atoms with Crippen molar-refractivity contribution in [3.05, 3.63) is 359 Å². The van der Waals surface area contributed by atoms with Crippen molar-refractivity contribution in [2.75, 3.05) is 0 Å². The smallest absolute Gasteiger partial charge is 0.0203 e. The minimum Gasteiger partial charge on any atom is -0.0622 e. The summed E-state index contributed by atoms with van der Waals surface area (Å²) in [5, 5.41) is 2.69. The Morgan fingerprint density at radius 1 is 0.279 bits per heavy atom. The predicted octanol–water partition coefficient (Wildman–Crippen LogP) is 32.2. The van der Waals surface area contributed by atoms with E-state index in [1.54, 1.807) is 0 Å². The molecule has 0 radical (unpaired) electrons. The van der Waals surface area contributed by atoms with Crippen LogP contribution in [-0.4, -0.2) is 0 Å². The van der Waals surface area contributed by atoms with Gasteiger partial charge in [0, 0.05) is 5.41 Å². The van der Waals surface area contributed by atoms with Crippen LogP contribution in [0.5, 0.6) is 0 Å². The van der Waals surface area contributed by atoms with Crippen LogP contribution in [0, 0.1) is 50.2 Å². The molecule has 590 valence electrons. The summed E-state index contributed by atoms with van der Waals surface area (Å²) in [4.78, 5) is 0. The van der Waals surface area contributed by atoms with Gasteiger partial charge in [0.05, 0.1) is 0 Å². The fourth-order valence-electron chi connectivity index (χ4n) is 15.3. The molecule has 0 nitrogen and oxygen atoms in total. The molecule has 12 rings (SSSR count). The molecule has 0 bridgehead atoms. The van der Waals surface area contributed by atoms with Gasteiger partial charge in [-0.05, 0) is 231 Å². The van der Waals surface area contributed by atoms with E-state index in [0.29, 0.717) is 38.4 Å². The minimum atomic E-state index is 0.213. The van der Waals surface area contributed by atoms with E-state index >= 15 is 0 Å². The van der Waals surface area contributed by atoms with Crippen molar-refractivity contribution >= 4 is 10.8 Å². The van der Waals surface area contributed by atoms with Crippen molar-refractivity contribution in [1.29, 1.82) is 0 Å². The summed E-state index contributed by atoms with van der Waals surface area (Å²) in [7, 11) is 0. The first kappa shape index (κ1) is 89.9. The molecule has 11 aromatic carbocycles. The SMILES string of the molecule is CC(C)(C)C(Cc1ccccc1)Cc1ccccc1.CC(C)(C)C1CCC(c2ccccc2)(c2ccccc2)CC1.CC(C)(C)CCC(Cc1ccccc1)Cc1ccccc1.CC(C)(C)CCCCCc1ccccc1.CC(C)(C)CCc1ccc(-c2ccccc2)cc1.CC(C)(C)CCc1ccc2ccccc2c1. The van der Waals surface area contributed by atoms with Crippen LogP contribution in [0.4, 0.5) is 0 Å². The van der Waals surface area contributed by atoms with E-state index in [9.17, 15) is 0 Å². The van der Waals surface area contributed by atoms with Gasteiger partial charge in [-0.25, -0.2) is 0 Å². The fraction of sp³-hybridized carbons (Fsp3) is 0.423. The Kier molecular flexibility index (Phi) is 36.3. The lowest BCUT2D eigenvalue weighted by Crippen LogP contribution is -2.36. The number of benzene rings is 11. The summed E-state index contributed by atoms with van der Waals surface area (Å²) in [5.74, 6) is 2.24. The Bertz CT molecular complexity index is 4070. The van der Waals surface area contributed by atoms with Gasteiger partial charge in [0.15, 0.2) is 0 Å². The van der Waals surface area contributed by atoms with Gasteiger partial charge in [0.25, 0.3) is 0 Å². The summed E-state index contributed by atoms with van der Waals surface area (Å²) in [6, 6.07) is 112. The second-order valence-electron chi connectivity index (χ2n) is 39.2. The van der Waals surface area contributed by atoms with Crippen molar-refractivity contribution in [1.82, 2.24) is 0 Å². The molecule has 1 aliphatic rings. The van der Waals surface area contributed by atoms with Gasteiger partial charge < -0.3 is 0 Å². The van der Waals surface area contributed by atoms with E-state index in [2.05, 4.69) is 434 Å². The number of rotatable bonds is 22. The fourth-order valence-corrected chi connectivity index (χ4v) is 15.3. The highest BCUT2D eigenvalue weighted by atomic mass is 14.4. The summed E-state index contributed by atoms with van der Waals surface area (Å²) < 4.78 is 0. The van der Waals surface area contributed by atoms with Crippen molar-refractivity contribution in [3.63, 3.8) is 0 Å². The van der Waals surface area contributed by atoms with Gasteiger partial charge in [0.2, 0.25) is 0 Å². The zero-order valence-corrected chi connectivity index (χ0v) is 72.6. The standard InChI is InChI=1S/C22H28.C21H28.C19H24.C18H22.C16H20.C15H24/c1-21(2,3)18-14-16-22(17-15-18,19-10-6-4-7-11-19)20-12-8-5-9-13-20;1-21(2,3)15-14-20(16-18-10-6-4-7-11-18)17-19-12-8-5-9-13-19;1-19(2,3)18(14-16-10-6-4-7-11-16)15-17-12-8-5-9-13-17;1-18(2,3)14-13-15-9-11-17(12-10-15)16-7-5-4-6-8-16;1-16(2,3)11-10-13-8-9-14-6-4-5-7-15(14)12-13;1-15(2,3)13-9-5-8-12-14-10-6-4-7-11-14/h4-13,18H,14-17H2,1-3H3;4-13,20H,14-17H2,1-3H3;4-13,18H,14-15H2,1-3H3;4-12H,13-14H2,1-3H3;4-9,12H,10-11H2,1-3H3;4,6-7,10-11H,5,8-9,12-13H2,1-3H3. The Labute approximate surface area is 679 Å². The first-order chi connectivity index (χ1) is 52.8. The van der Waals surface area contributed by atoms with Gasteiger partial charge in [-0.2, -0.15) is 0 Å². The van der Waals surface area contributed by atoms with Gasteiger partial charge >= 0.3 is 0 Å². The second kappa shape index (κ2) is 44.8. The topological polar surface area (TPSA) is 0 Å². The highest BCUT2D eigenvalue weighted by molar-refractivity contribution is 5.83. The van der Waals surface area contributed by atoms with Gasteiger partial charge in [-0.1, -0.05) is 447 Å².